The third-order valence-corrected chi connectivity index (χ3v) is 2.79. The smallest absolute Gasteiger partial charge is 0.233 e. The number of nitriles is 1. The van der Waals surface area contributed by atoms with Crippen LogP contribution in [0.3, 0.4) is 0 Å². The largest absolute Gasteiger partial charge is 0.378 e. The molecule has 0 aromatic carbocycles. The summed E-state index contributed by atoms with van der Waals surface area (Å²) in [6, 6.07) is 1.97. The predicted octanol–water partition coefficient (Wildman–Crippen LogP) is -0.589. The number of amides is 1. The Hall–Kier alpha value is -1.16. The van der Waals surface area contributed by atoms with Crippen molar-refractivity contribution >= 4 is 5.91 Å². The Morgan fingerprint density at radius 3 is 3.06 bits per heavy atom. The first kappa shape index (κ1) is 13.9. The van der Waals surface area contributed by atoms with Gasteiger partial charge < -0.3 is 20.1 Å². The second-order valence-corrected chi connectivity index (χ2v) is 4.05. The van der Waals surface area contributed by atoms with E-state index in [1.807, 2.05) is 6.07 Å². The average molecular weight is 241 g/mol. The molecule has 0 bridgehead atoms. The van der Waals surface area contributed by atoms with Gasteiger partial charge >= 0.3 is 0 Å². The summed E-state index contributed by atoms with van der Waals surface area (Å²) in [6.45, 7) is 2.48. The standard InChI is InChI=1S/C11H19N3O3/c1-16-11(3-6-17-9-11)8-13-7-10(15)14-5-2-4-12/h13H,2-3,5-9H2,1H3,(H,14,15). The highest BCUT2D eigenvalue weighted by atomic mass is 16.5. The highest BCUT2D eigenvalue weighted by Gasteiger charge is 2.34. The highest BCUT2D eigenvalue weighted by Crippen LogP contribution is 2.21. The van der Waals surface area contributed by atoms with Crippen LogP contribution in [0.4, 0.5) is 0 Å². The first-order valence-electron chi connectivity index (χ1n) is 5.70. The van der Waals surface area contributed by atoms with Crippen molar-refractivity contribution in [3.05, 3.63) is 0 Å². The summed E-state index contributed by atoms with van der Waals surface area (Å²) >= 11 is 0. The van der Waals surface area contributed by atoms with Crippen LogP contribution in [0.15, 0.2) is 0 Å². The summed E-state index contributed by atoms with van der Waals surface area (Å²) in [5.41, 5.74) is -0.299. The molecule has 1 aliphatic heterocycles. The molecule has 1 aliphatic rings. The zero-order valence-corrected chi connectivity index (χ0v) is 10.1. The van der Waals surface area contributed by atoms with E-state index in [-0.39, 0.29) is 18.1 Å². The summed E-state index contributed by atoms with van der Waals surface area (Å²) < 4.78 is 10.7. The van der Waals surface area contributed by atoms with Crippen molar-refractivity contribution in [2.45, 2.75) is 18.4 Å². The van der Waals surface area contributed by atoms with E-state index in [4.69, 9.17) is 14.7 Å². The lowest BCUT2D eigenvalue weighted by Crippen LogP contribution is -2.46. The van der Waals surface area contributed by atoms with Crippen LogP contribution in [0.2, 0.25) is 0 Å². The molecule has 6 heteroatoms. The van der Waals surface area contributed by atoms with Crippen LogP contribution >= 0.6 is 0 Å². The van der Waals surface area contributed by atoms with Crippen LogP contribution in [0, 0.1) is 11.3 Å². The molecule has 1 heterocycles. The van der Waals surface area contributed by atoms with Crippen LogP contribution < -0.4 is 10.6 Å². The first-order chi connectivity index (χ1) is 8.22. The van der Waals surface area contributed by atoms with E-state index < -0.39 is 0 Å². The maximum atomic E-state index is 11.3. The van der Waals surface area contributed by atoms with Crippen molar-refractivity contribution in [1.29, 1.82) is 5.26 Å². The van der Waals surface area contributed by atoms with Gasteiger partial charge in [-0.05, 0) is 0 Å². The molecule has 0 aliphatic carbocycles. The van der Waals surface area contributed by atoms with Gasteiger partial charge in [0.25, 0.3) is 0 Å². The SMILES string of the molecule is COC1(CNCC(=O)NCCC#N)CCOC1. The molecule has 2 N–H and O–H groups in total. The summed E-state index contributed by atoms with van der Waals surface area (Å²) in [4.78, 5) is 11.3. The van der Waals surface area contributed by atoms with E-state index in [0.29, 0.717) is 32.7 Å². The molecule has 0 spiro atoms. The summed E-state index contributed by atoms with van der Waals surface area (Å²) in [6.07, 6.45) is 1.17. The molecule has 0 aromatic heterocycles. The molecule has 0 saturated carbocycles. The van der Waals surface area contributed by atoms with Crippen molar-refractivity contribution in [3.8, 4) is 6.07 Å². The van der Waals surface area contributed by atoms with Crippen molar-refractivity contribution in [2.24, 2.45) is 0 Å². The minimum atomic E-state index is -0.299. The van der Waals surface area contributed by atoms with Crippen molar-refractivity contribution in [2.75, 3.05) is 40.0 Å². The zero-order valence-electron chi connectivity index (χ0n) is 10.1. The van der Waals surface area contributed by atoms with Crippen molar-refractivity contribution in [1.82, 2.24) is 10.6 Å². The third kappa shape index (κ3) is 4.69. The Morgan fingerprint density at radius 1 is 1.65 bits per heavy atom. The van der Waals surface area contributed by atoms with Gasteiger partial charge in [0.05, 0.1) is 25.6 Å². The molecule has 1 atom stereocenters. The molecule has 0 aromatic rings. The van der Waals surface area contributed by atoms with E-state index in [1.165, 1.54) is 0 Å². The number of carbonyl (C=O) groups excluding carboxylic acids is 1. The van der Waals surface area contributed by atoms with Gasteiger partial charge in [0.1, 0.15) is 5.60 Å². The normalized spacial score (nSPS) is 23.3. The highest BCUT2D eigenvalue weighted by molar-refractivity contribution is 5.77. The van der Waals surface area contributed by atoms with E-state index in [1.54, 1.807) is 7.11 Å². The van der Waals surface area contributed by atoms with Gasteiger partial charge in [-0.2, -0.15) is 5.26 Å². The zero-order chi connectivity index (χ0) is 12.6. The van der Waals surface area contributed by atoms with E-state index in [9.17, 15) is 4.79 Å². The number of nitrogens with zero attached hydrogens (tertiary/aromatic N) is 1. The molecule has 1 rings (SSSR count). The fourth-order valence-electron chi connectivity index (χ4n) is 1.69. The van der Waals surface area contributed by atoms with E-state index in [0.717, 1.165) is 6.42 Å². The second-order valence-electron chi connectivity index (χ2n) is 4.05. The van der Waals surface area contributed by atoms with Crippen LogP contribution in [-0.2, 0) is 14.3 Å². The van der Waals surface area contributed by atoms with E-state index >= 15 is 0 Å². The molecule has 1 saturated heterocycles. The van der Waals surface area contributed by atoms with Gasteiger partial charge in [-0.3, -0.25) is 4.79 Å². The number of hydrogen-bond acceptors (Lipinski definition) is 5. The number of hydrogen-bond donors (Lipinski definition) is 2. The van der Waals surface area contributed by atoms with Crippen molar-refractivity contribution < 1.29 is 14.3 Å². The van der Waals surface area contributed by atoms with Crippen LogP contribution in [0.1, 0.15) is 12.8 Å². The van der Waals surface area contributed by atoms with Crippen LogP contribution in [0.5, 0.6) is 0 Å². The van der Waals surface area contributed by atoms with Crippen molar-refractivity contribution in [3.63, 3.8) is 0 Å². The first-order valence-corrected chi connectivity index (χ1v) is 5.70. The third-order valence-electron chi connectivity index (χ3n) is 2.79. The predicted molar refractivity (Wildman–Crippen MR) is 61.3 cm³/mol. The van der Waals surface area contributed by atoms with Crippen LogP contribution in [-0.4, -0.2) is 51.5 Å². The number of nitrogens with one attached hydrogen (secondary N) is 2. The van der Waals surface area contributed by atoms with Gasteiger partial charge in [0.15, 0.2) is 0 Å². The number of rotatable bonds is 7. The molecule has 0 radical (unpaired) electrons. The Morgan fingerprint density at radius 2 is 2.47 bits per heavy atom. The fraction of sp³-hybridized carbons (Fsp3) is 0.818. The maximum Gasteiger partial charge on any atom is 0.233 e. The Kier molecular flexibility index (Phi) is 5.91. The number of carbonyl (C=O) groups is 1. The molecule has 1 amide bonds. The molecular formula is C11H19N3O3. The molecular weight excluding hydrogens is 222 g/mol. The Balaban J connectivity index is 2.14. The number of ether oxygens (including phenoxy) is 2. The number of methoxy groups -OCH3 is 1. The summed E-state index contributed by atoms with van der Waals surface area (Å²) in [5, 5.41) is 14.0. The van der Waals surface area contributed by atoms with Gasteiger partial charge in [0.2, 0.25) is 5.91 Å². The van der Waals surface area contributed by atoms with Crippen LogP contribution in [0.25, 0.3) is 0 Å². The molecule has 96 valence electrons. The lowest BCUT2D eigenvalue weighted by molar-refractivity contribution is -0.120. The molecule has 1 fully saturated rings. The van der Waals surface area contributed by atoms with Gasteiger partial charge in [0, 0.05) is 33.2 Å². The molecule has 1 unspecified atom stereocenters. The Labute approximate surface area is 101 Å². The topological polar surface area (TPSA) is 83.4 Å². The monoisotopic (exact) mass is 241 g/mol. The van der Waals surface area contributed by atoms with Gasteiger partial charge in [-0.15, -0.1) is 0 Å². The lowest BCUT2D eigenvalue weighted by Gasteiger charge is -2.25. The summed E-state index contributed by atoms with van der Waals surface area (Å²) in [7, 11) is 1.66. The van der Waals surface area contributed by atoms with E-state index in [2.05, 4.69) is 10.6 Å². The molecule has 17 heavy (non-hydrogen) atoms. The second kappa shape index (κ2) is 7.22. The van der Waals surface area contributed by atoms with Gasteiger partial charge in [-0.1, -0.05) is 0 Å². The van der Waals surface area contributed by atoms with Gasteiger partial charge in [-0.25, -0.2) is 0 Å². The average Bonchev–Trinajstić information content (AvgIpc) is 2.79. The molecule has 6 nitrogen and oxygen atoms in total. The fourth-order valence-corrected chi connectivity index (χ4v) is 1.69. The lowest BCUT2D eigenvalue weighted by atomic mass is 10.0. The minimum absolute atomic E-state index is 0.106. The minimum Gasteiger partial charge on any atom is -0.378 e. The Bertz CT molecular complexity index is 282. The summed E-state index contributed by atoms with van der Waals surface area (Å²) in [5.74, 6) is -0.106. The quantitative estimate of drug-likeness (QED) is 0.582. The maximum absolute atomic E-state index is 11.3.